The van der Waals surface area contributed by atoms with E-state index in [1.807, 2.05) is 13.8 Å². The Balaban J connectivity index is 5.07. The van der Waals surface area contributed by atoms with Gasteiger partial charge >= 0.3 is 160 Å². The van der Waals surface area contributed by atoms with E-state index in [1.165, 1.54) is 0 Å². The Hall–Kier alpha value is 0.651. The second kappa shape index (κ2) is 14.7. The van der Waals surface area contributed by atoms with Crippen molar-refractivity contribution in [3.05, 3.63) is 0 Å². The van der Waals surface area contributed by atoms with Gasteiger partial charge in [-0.3, -0.25) is 0 Å². The fourth-order valence-electron chi connectivity index (χ4n) is 1.71. The third-order valence-corrected chi connectivity index (χ3v) is 8.65. The van der Waals surface area contributed by atoms with Crippen molar-refractivity contribution >= 4 is 9.05 Å². The van der Waals surface area contributed by atoms with E-state index in [4.69, 9.17) is 19.6 Å². The molecule has 7 nitrogen and oxygen atoms in total. The van der Waals surface area contributed by atoms with Crippen molar-refractivity contribution in [3.8, 4) is 0 Å². The molecule has 0 aliphatic heterocycles. The molecule has 0 saturated heterocycles. The van der Waals surface area contributed by atoms with Crippen molar-refractivity contribution in [2.24, 2.45) is 5.92 Å². The third-order valence-electron chi connectivity index (χ3n) is 3.19. The Labute approximate surface area is 159 Å². The van der Waals surface area contributed by atoms with E-state index in [2.05, 4.69) is 20.8 Å². The van der Waals surface area contributed by atoms with Crippen LogP contribution in [0.5, 0.6) is 0 Å². The maximum atomic E-state index is 10.3. The van der Waals surface area contributed by atoms with E-state index in [1.54, 1.807) is 0 Å². The van der Waals surface area contributed by atoms with Gasteiger partial charge in [0.15, 0.2) is 0 Å². The van der Waals surface area contributed by atoms with Crippen LogP contribution >= 0.6 is 0 Å². The van der Waals surface area contributed by atoms with Gasteiger partial charge in [-0.05, 0) is 0 Å². The molecule has 0 aromatic rings. The Morgan fingerprint density at radius 2 is 1.20 bits per heavy atom. The van der Waals surface area contributed by atoms with E-state index >= 15 is 0 Å². The topological polar surface area (TPSA) is 86.6 Å². The van der Waals surface area contributed by atoms with Gasteiger partial charge in [-0.1, -0.05) is 0 Å². The molecule has 0 bridgehead atoms. The molecule has 0 atom stereocenters. The number of unbranched alkanes of at least 4 members (excludes halogenated alkanes) is 3. The van der Waals surface area contributed by atoms with Crippen LogP contribution in [0.4, 0.5) is 0 Å². The molecule has 0 aliphatic rings. The summed E-state index contributed by atoms with van der Waals surface area (Å²) in [5.41, 5.74) is 0. The fourth-order valence-corrected chi connectivity index (χ4v) is 7.19. The second-order valence-corrected chi connectivity index (χ2v) is 11.7. The molecule has 0 radical (unpaired) electrons. The molecule has 0 fully saturated rings. The van der Waals surface area contributed by atoms with Gasteiger partial charge in [0.1, 0.15) is 0 Å². The first-order chi connectivity index (χ1) is 11.8. The third kappa shape index (κ3) is 13.5. The van der Waals surface area contributed by atoms with Crippen LogP contribution in [-0.4, -0.2) is 42.9 Å². The van der Waals surface area contributed by atoms with Crippen LogP contribution in [0.15, 0.2) is 0 Å². The Morgan fingerprint density at radius 1 is 0.800 bits per heavy atom. The monoisotopic (exact) mass is 418 g/mol. The summed E-state index contributed by atoms with van der Waals surface area (Å²) >= 11 is -4.95. The van der Waals surface area contributed by atoms with Crippen molar-refractivity contribution in [1.82, 2.24) is 0 Å². The summed E-state index contributed by atoms with van der Waals surface area (Å²) in [6.45, 7) is 11.4. The standard InChI is InChI=1S/C12H27O4Si.C4H9O.2H2O.Ti/c1-4-7-10-14-17(13,15-11-8-5-2)16-12-9-6-3;1-4(2)3-5;;;/h4-12H2,1-3H3;4H,3H2,1-2H3;2*1H2;/q2*-1;;;+4/p-2. The quantitative estimate of drug-likeness (QED) is 0.277. The van der Waals surface area contributed by atoms with Crippen LogP contribution in [0.1, 0.15) is 73.1 Å². The number of rotatable bonds is 17. The summed E-state index contributed by atoms with van der Waals surface area (Å²) in [5.74, 6) is 0.159. The predicted molar refractivity (Wildman–Crippen MR) is 94.6 cm³/mol. The van der Waals surface area contributed by atoms with Crippen LogP contribution in [0, 0.1) is 5.92 Å². The van der Waals surface area contributed by atoms with Gasteiger partial charge in [-0.2, -0.15) is 0 Å². The van der Waals surface area contributed by atoms with Gasteiger partial charge in [-0.15, -0.1) is 0 Å². The summed E-state index contributed by atoms with van der Waals surface area (Å²) in [7, 11) is -3.66. The average molecular weight is 418 g/mol. The van der Waals surface area contributed by atoms with Gasteiger partial charge in [0.05, 0.1) is 0 Å². The molecule has 0 unspecified atom stereocenters. The molecule has 0 aliphatic carbocycles. The zero-order chi connectivity index (χ0) is 19.2. The normalized spacial score (nSPS) is 13.0. The van der Waals surface area contributed by atoms with Crippen molar-refractivity contribution in [1.29, 1.82) is 0 Å². The predicted octanol–water partition coefficient (Wildman–Crippen LogP) is 3.36. The minimum absolute atomic E-state index is 0.159. The Morgan fingerprint density at radius 3 is 1.52 bits per heavy atom. The molecule has 0 heterocycles. The second-order valence-electron chi connectivity index (χ2n) is 6.46. The molecular formula is C16H38O7SiTi. The van der Waals surface area contributed by atoms with Gasteiger partial charge in [0, 0.05) is 0 Å². The summed E-state index contributed by atoms with van der Waals surface area (Å²) < 4.78 is 48.8. The molecule has 2 N–H and O–H groups in total. The van der Waals surface area contributed by atoms with Crippen LogP contribution < -0.4 is 0 Å². The van der Waals surface area contributed by atoms with Gasteiger partial charge in [0.2, 0.25) is 0 Å². The van der Waals surface area contributed by atoms with E-state index in [0.717, 1.165) is 38.5 Å². The van der Waals surface area contributed by atoms with E-state index in [-0.39, 0.29) is 12.5 Å². The van der Waals surface area contributed by atoms with Gasteiger partial charge in [-0.25, -0.2) is 0 Å². The maximum absolute atomic E-state index is 10.3. The van der Waals surface area contributed by atoms with Crippen LogP contribution in [0.25, 0.3) is 0 Å². The van der Waals surface area contributed by atoms with E-state index in [9.17, 15) is 7.38 Å². The first-order valence-corrected chi connectivity index (χ1v) is 13.8. The first-order valence-electron chi connectivity index (χ1n) is 9.51. The van der Waals surface area contributed by atoms with Crippen LogP contribution in [0.3, 0.4) is 0 Å². The van der Waals surface area contributed by atoms with E-state index < -0.39 is 27.2 Å². The number of hydrogen-bond acceptors (Lipinski definition) is 7. The molecular weight excluding hydrogens is 380 g/mol. The molecule has 25 heavy (non-hydrogen) atoms. The van der Waals surface area contributed by atoms with Gasteiger partial charge < -0.3 is 0 Å². The van der Waals surface area contributed by atoms with Crippen LogP contribution in [0.2, 0.25) is 0 Å². The summed E-state index contributed by atoms with van der Waals surface area (Å²) in [5, 5.41) is 0. The van der Waals surface area contributed by atoms with Crippen molar-refractivity contribution in [2.45, 2.75) is 73.1 Å². The molecule has 0 saturated carbocycles. The fraction of sp³-hybridized carbons (Fsp3) is 1.00. The molecule has 0 amide bonds. The molecule has 0 aromatic heterocycles. The summed E-state index contributed by atoms with van der Waals surface area (Å²) in [4.78, 5) is 0. The molecule has 9 heteroatoms. The Kier molecular flexibility index (Phi) is 15.1. The van der Waals surface area contributed by atoms with Crippen LogP contribution in [-0.2, 0) is 37.7 Å². The van der Waals surface area contributed by atoms with Crippen molar-refractivity contribution in [3.63, 3.8) is 0 Å². The SMILES string of the molecule is CCCCO[Si](OCCCC)(OCCCC)[O][Ti]([OH])([OH])[O]CC(C)C. The number of hydrogen-bond donors (Lipinski definition) is 2. The minimum atomic E-state index is -4.95. The summed E-state index contributed by atoms with van der Waals surface area (Å²) in [6, 6.07) is 0. The van der Waals surface area contributed by atoms with E-state index in [0.29, 0.717) is 19.8 Å². The zero-order valence-corrected chi connectivity index (χ0v) is 19.1. The first kappa shape index (κ1) is 25.7. The molecule has 0 rings (SSSR count). The molecule has 0 aromatic carbocycles. The Bertz CT molecular complexity index is 292. The summed E-state index contributed by atoms with van der Waals surface area (Å²) in [6.07, 6.45) is 5.29. The molecule has 0 spiro atoms. The average Bonchev–Trinajstić information content (AvgIpc) is 2.53. The van der Waals surface area contributed by atoms with Crippen molar-refractivity contribution in [2.75, 3.05) is 26.4 Å². The van der Waals surface area contributed by atoms with Crippen molar-refractivity contribution < 1.29 is 45.1 Å². The van der Waals surface area contributed by atoms with Gasteiger partial charge in [0.25, 0.3) is 0 Å². The molecule has 152 valence electrons. The zero-order valence-electron chi connectivity index (χ0n) is 16.6.